The molecule has 228 valence electrons. The number of hydrogen-bond acceptors (Lipinski definition) is 15. The van der Waals surface area contributed by atoms with Crippen LogP contribution < -0.4 is 10.2 Å². The maximum absolute atomic E-state index is 13.2. The molecule has 0 spiro atoms. The molecule has 3 aromatic rings. The molecule has 0 saturated carbocycles. The van der Waals surface area contributed by atoms with Crippen molar-refractivity contribution in [3.8, 4) is 34.3 Å². The van der Waals surface area contributed by atoms with E-state index in [-0.39, 0.29) is 28.4 Å². The molecular weight excluding hydrogens is 564 g/mol. The van der Waals surface area contributed by atoms with Crippen LogP contribution in [0, 0.1) is 0 Å². The van der Waals surface area contributed by atoms with Crippen LogP contribution >= 0.6 is 0 Å². The first-order chi connectivity index (χ1) is 20.0. The standard InChI is InChI=1S/C27H30O15/c1-38-16-4-9(2-3-10(16)29)15-6-13(32)18-11(30)5-12(31)19(24(18)40-15)25-26(22(36)21(35)17(7-28)41-25)42-27-23(37)20(34)14(33)8-39-27/h2-6,14,17,20-23,25-31,33-37H,7-8H2,1H3/t14-,17-,20+,21-,22+,23-,25+,26-,27+/m1/s1. The van der Waals surface area contributed by atoms with Gasteiger partial charge in [-0.05, 0) is 18.2 Å². The molecule has 0 radical (unpaired) electrons. The Morgan fingerprint density at radius 1 is 0.905 bits per heavy atom. The normalized spacial score (nSPS) is 31.7. The number of phenolic OH excluding ortho intramolecular Hbond substituents is 3. The first-order valence-corrected chi connectivity index (χ1v) is 12.8. The van der Waals surface area contributed by atoms with Gasteiger partial charge >= 0.3 is 0 Å². The van der Waals surface area contributed by atoms with E-state index < -0.39 is 96.2 Å². The summed E-state index contributed by atoms with van der Waals surface area (Å²) in [6.45, 7) is -1.26. The molecule has 2 fully saturated rings. The van der Waals surface area contributed by atoms with Crippen molar-refractivity contribution in [2.75, 3.05) is 20.3 Å². The molecule has 0 unspecified atom stereocenters. The number of hydrogen-bond donors (Lipinski definition) is 9. The summed E-state index contributed by atoms with van der Waals surface area (Å²) in [5.41, 5.74) is -1.26. The molecule has 5 rings (SSSR count). The van der Waals surface area contributed by atoms with Crippen LogP contribution in [-0.2, 0) is 14.2 Å². The molecule has 2 saturated heterocycles. The first-order valence-electron chi connectivity index (χ1n) is 12.8. The van der Waals surface area contributed by atoms with Crippen molar-refractivity contribution in [2.24, 2.45) is 0 Å². The van der Waals surface area contributed by atoms with Gasteiger partial charge in [0.25, 0.3) is 0 Å². The van der Waals surface area contributed by atoms with Crippen LogP contribution in [0.4, 0.5) is 0 Å². The Kier molecular flexibility index (Phi) is 8.30. The van der Waals surface area contributed by atoms with E-state index >= 15 is 0 Å². The zero-order valence-electron chi connectivity index (χ0n) is 22.0. The zero-order valence-corrected chi connectivity index (χ0v) is 22.0. The second-order valence-electron chi connectivity index (χ2n) is 10.0. The van der Waals surface area contributed by atoms with Crippen molar-refractivity contribution in [3.63, 3.8) is 0 Å². The third-order valence-corrected chi connectivity index (χ3v) is 7.36. The molecule has 9 atom stereocenters. The molecule has 0 amide bonds. The lowest BCUT2D eigenvalue weighted by molar-refractivity contribution is -0.325. The molecule has 2 aromatic carbocycles. The van der Waals surface area contributed by atoms with Gasteiger partial charge in [0.15, 0.2) is 28.8 Å². The minimum Gasteiger partial charge on any atom is -0.507 e. The number of rotatable bonds is 6. The van der Waals surface area contributed by atoms with Crippen molar-refractivity contribution in [2.45, 2.75) is 55.1 Å². The van der Waals surface area contributed by atoms with Gasteiger partial charge in [0.2, 0.25) is 0 Å². The van der Waals surface area contributed by atoms with Crippen LogP contribution in [0.3, 0.4) is 0 Å². The third kappa shape index (κ3) is 5.15. The van der Waals surface area contributed by atoms with Crippen molar-refractivity contribution in [3.05, 3.63) is 46.1 Å². The van der Waals surface area contributed by atoms with E-state index in [0.29, 0.717) is 0 Å². The average Bonchev–Trinajstić information content (AvgIpc) is 2.96. The molecule has 2 aliphatic heterocycles. The van der Waals surface area contributed by atoms with Gasteiger partial charge in [-0.2, -0.15) is 0 Å². The molecule has 3 heterocycles. The van der Waals surface area contributed by atoms with E-state index in [2.05, 4.69) is 0 Å². The first kappa shape index (κ1) is 30.0. The molecule has 1 aromatic heterocycles. The maximum atomic E-state index is 13.2. The number of benzene rings is 2. The van der Waals surface area contributed by atoms with Crippen LogP contribution in [-0.4, -0.2) is 115 Å². The third-order valence-electron chi connectivity index (χ3n) is 7.36. The molecule has 9 N–H and O–H groups in total. The number of aromatic hydroxyl groups is 3. The van der Waals surface area contributed by atoms with E-state index in [1.165, 1.54) is 25.3 Å². The van der Waals surface area contributed by atoms with E-state index in [1.54, 1.807) is 0 Å². The van der Waals surface area contributed by atoms with Crippen LogP contribution in [0.2, 0.25) is 0 Å². The molecular formula is C27H30O15. The largest absolute Gasteiger partial charge is 0.507 e. The van der Waals surface area contributed by atoms with Crippen LogP contribution in [0.25, 0.3) is 22.3 Å². The van der Waals surface area contributed by atoms with E-state index in [1.807, 2.05) is 0 Å². The second-order valence-corrected chi connectivity index (χ2v) is 10.0. The highest BCUT2D eigenvalue weighted by atomic mass is 16.7. The van der Waals surface area contributed by atoms with Crippen LogP contribution in [0.1, 0.15) is 11.7 Å². The van der Waals surface area contributed by atoms with Crippen molar-refractivity contribution >= 4 is 11.0 Å². The monoisotopic (exact) mass is 594 g/mol. The van der Waals surface area contributed by atoms with Gasteiger partial charge in [-0.15, -0.1) is 0 Å². The molecule has 2 aliphatic rings. The van der Waals surface area contributed by atoms with Gasteiger partial charge < -0.3 is 69.3 Å². The molecule has 42 heavy (non-hydrogen) atoms. The number of methoxy groups -OCH3 is 1. The number of phenols is 3. The highest BCUT2D eigenvalue weighted by Crippen LogP contribution is 2.45. The van der Waals surface area contributed by atoms with E-state index in [4.69, 9.17) is 23.4 Å². The number of aliphatic hydroxyl groups excluding tert-OH is 6. The molecule has 0 aliphatic carbocycles. The predicted octanol–water partition coefficient (Wildman–Crippen LogP) is -1.44. The summed E-state index contributed by atoms with van der Waals surface area (Å²) >= 11 is 0. The van der Waals surface area contributed by atoms with Crippen LogP contribution in [0.15, 0.2) is 39.5 Å². The predicted molar refractivity (Wildman–Crippen MR) is 139 cm³/mol. The summed E-state index contributed by atoms with van der Waals surface area (Å²) < 4.78 is 27.9. The Labute approximate surface area is 236 Å². The highest BCUT2D eigenvalue weighted by Gasteiger charge is 2.50. The summed E-state index contributed by atoms with van der Waals surface area (Å²) in [6, 6.07) is 5.96. The molecule has 0 bridgehead atoms. The summed E-state index contributed by atoms with van der Waals surface area (Å²) in [4.78, 5) is 13.2. The van der Waals surface area contributed by atoms with Crippen molar-refractivity contribution < 1.29 is 69.3 Å². The summed E-state index contributed by atoms with van der Waals surface area (Å²) in [5, 5.41) is 92.9. The molecule has 15 nitrogen and oxygen atoms in total. The highest BCUT2D eigenvalue weighted by molar-refractivity contribution is 5.89. The van der Waals surface area contributed by atoms with Gasteiger partial charge in [-0.1, -0.05) is 0 Å². The number of ether oxygens (including phenoxy) is 4. The minimum atomic E-state index is -1.86. The zero-order chi connectivity index (χ0) is 30.5. The summed E-state index contributed by atoms with van der Waals surface area (Å²) in [7, 11) is 1.31. The molecule has 15 heteroatoms. The van der Waals surface area contributed by atoms with Gasteiger partial charge in [-0.3, -0.25) is 4.79 Å². The lowest BCUT2D eigenvalue weighted by Gasteiger charge is -2.45. The second kappa shape index (κ2) is 11.6. The fourth-order valence-corrected chi connectivity index (χ4v) is 5.10. The van der Waals surface area contributed by atoms with Gasteiger partial charge in [0.05, 0.1) is 25.9 Å². The van der Waals surface area contributed by atoms with Crippen molar-refractivity contribution in [1.82, 2.24) is 0 Å². The average molecular weight is 595 g/mol. The fraction of sp³-hybridized carbons (Fsp3) is 0.444. The smallest absolute Gasteiger partial charge is 0.197 e. The lowest BCUT2D eigenvalue weighted by atomic mass is 9.89. The topological polar surface area (TPSA) is 249 Å². The Morgan fingerprint density at radius 3 is 2.33 bits per heavy atom. The van der Waals surface area contributed by atoms with Gasteiger partial charge in [0, 0.05) is 17.7 Å². The lowest BCUT2D eigenvalue weighted by Crippen LogP contribution is -2.60. The van der Waals surface area contributed by atoms with Gasteiger partial charge in [-0.25, -0.2) is 0 Å². The Hall–Kier alpha value is -3.51. The number of aliphatic hydroxyl groups is 6. The fourth-order valence-electron chi connectivity index (χ4n) is 5.10. The van der Waals surface area contributed by atoms with E-state index in [9.17, 15) is 50.8 Å². The Balaban J connectivity index is 1.68. The van der Waals surface area contributed by atoms with Crippen LogP contribution in [0.5, 0.6) is 23.0 Å². The van der Waals surface area contributed by atoms with E-state index in [0.717, 1.165) is 12.1 Å². The SMILES string of the molecule is COc1cc(-c2cc(=O)c3c(O)cc(O)c([C@@H]4O[C@H](CO)[C@@H](O)[C@H](O)[C@H]4O[C@@H]4OC[C@@H](O)[C@H](O)[C@H]4O)c3o2)ccc1O. The minimum absolute atomic E-state index is 0.0551. The Bertz CT molecular complexity index is 1510. The summed E-state index contributed by atoms with van der Waals surface area (Å²) in [5.74, 6) is -1.58. The summed E-state index contributed by atoms with van der Waals surface area (Å²) in [6.07, 6.45) is -15.0. The Morgan fingerprint density at radius 2 is 1.64 bits per heavy atom. The quantitative estimate of drug-likeness (QED) is 0.159. The number of fused-ring (bicyclic) bond motifs is 1. The van der Waals surface area contributed by atoms with Gasteiger partial charge in [0.1, 0.15) is 71.5 Å². The maximum Gasteiger partial charge on any atom is 0.197 e. The van der Waals surface area contributed by atoms with Crippen molar-refractivity contribution in [1.29, 1.82) is 0 Å².